The summed E-state index contributed by atoms with van der Waals surface area (Å²) in [7, 11) is 0. The molecule has 1 amide bonds. The van der Waals surface area contributed by atoms with E-state index in [2.05, 4.69) is 15.3 Å². The number of carbonyl (C=O) groups is 1. The van der Waals surface area contributed by atoms with Crippen molar-refractivity contribution in [3.05, 3.63) is 47.5 Å². The number of rotatable bonds is 4. The third kappa shape index (κ3) is 5.22. The van der Waals surface area contributed by atoms with Crippen molar-refractivity contribution in [2.24, 2.45) is 0 Å². The molecule has 4 rings (SSSR count). The van der Waals surface area contributed by atoms with Gasteiger partial charge in [-0.25, -0.2) is 14.4 Å². The molecule has 1 atom stereocenters. The zero-order chi connectivity index (χ0) is 23.6. The number of halogens is 1. The fourth-order valence-electron chi connectivity index (χ4n) is 4.56. The minimum atomic E-state index is -0.651. The number of nitrogens with one attached hydrogen (secondary N) is 1. The van der Waals surface area contributed by atoms with Gasteiger partial charge in [0.1, 0.15) is 11.5 Å². The Kier molecular flexibility index (Phi) is 6.47. The van der Waals surface area contributed by atoms with E-state index in [4.69, 9.17) is 5.26 Å². The number of carbonyl (C=O) groups excluding carboxylic acids is 1. The van der Waals surface area contributed by atoms with Gasteiger partial charge in [0.25, 0.3) is 5.91 Å². The third-order valence-electron chi connectivity index (χ3n) is 6.58. The van der Waals surface area contributed by atoms with Gasteiger partial charge in [0.2, 0.25) is 5.95 Å². The van der Waals surface area contributed by atoms with Gasteiger partial charge in [-0.2, -0.15) is 5.26 Å². The molecule has 0 bridgehead atoms. The Hall–Kier alpha value is -3.25. The summed E-state index contributed by atoms with van der Waals surface area (Å²) in [6, 6.07) is 8.09. The van der Waals surface area contributed by atoms with Gasteiger partial charge in [-0.1, -0.05) is 0 Å². The van der Waals surface area contributed by atoms with Gasteiger partial charge in [0.15, 0.2) is 0 Å². The van der Waals surface area contributed by atoms with Crippen molar-refractivity contribution >= 4 is 17.5 Å². The molecule has 174 valence electrons. The topological polar surface area (TPSA) is 105 Å². The average molecular weight is 453 g/mol. The summed E-state index contributed by atoms with van der Waals surface area (Å²) < 4.78 is 14.5. The van der Waals surface area contributed by atoms with E-state index in [0.717, 1.165) is 12.8 Å². The third-order valence-corrected chi connectivity index (χ3v) is 6.58. The second kappa shape index (κ2) is 9.32. The van der Waals surface area contributed by atoms with Crippen LogP contribution in [-0.4, -0.2) is 58.3 Å². The number of amides is 1. The molecule has 1 saturated heterocycles. The first kappa shape index (κ1) is 22.9. The molecule has 2 aliphatic rings. The van der Waals surface area contributed by atoms with Crippen LogP contribution in [0.15, 0.2) is 30.5 Å². The molecule has 33 heavy (non-hydrogen) atoms. The molecule has 8 nitrogen and oxygen atoms in total. The van der Waals surface area contributed by atoms with Crippen LogP contribution in [0.4, 0.5) is 16.0 Å². The molecular formula is C24H29FN6O2. The van der Waals surface area contributed by atoms with Crippen LogP contribution in [0, 0.1) is 17.1 Å². The summed E-state index contributed by atoms with van der Waals surface area (Å²) in [5.41, 5.74) is 0.429. The molecule has 0 unspecified atom stereocenters. The van der Waals surface area contributed by atoms with E-state index in [-0.39, 0.29) is 18.0 Å². The van der Waals surface area contributed by atoms with E-state index in [1.165, 1.54) is 6.07 Å². The minimum absolute atomic E-state index is 0.00678. The van der Waals surface area contributed by atoms with E-state index in [0.29, 0.717) is 55.4 Å². The van der Waals surface area contributed by atoms with Gasteiger partial charge in [0.05, 0.1) is 22.9 Å². The molecule has 1 saturated carbocycles. The molecule has 2 N–H and O–H groups in total. The van der Waals surface area contributed by atoms with Crippen molar-refractivity contribution < 1.29 is 14.3 Å². The number of anilines is 2. The summed E-state index contributed by atoms with van der Waals surface area (Å²) >= 11 is 0. The lowest BCUT2D eigenvalue weighted by atomic mass is 9.83. The number of piperazine rings is 1. The number of nitrogens with zero attached hydrogens (tertiary/aromatic N) is 5. The van der Waals surface area contributed by atoms with Crippen molar-refractivity contribution in [1.29, 1.82) is 5.26 Å². The van der Waals surface area contributed by atoms with Crippen LogP contribution in [0.2, 0.25) is 0 Å². The van der Waals surface area contributed by atoms with Crippen LogP contribution < -0.4 is 15.1 Å². The van der Waals surface area contributed by atoms with Crippen molar-refractivity contribution in [2.75, 3.05) is 29.4 Å². The van der Waals surface area contributed by atoms with Gasteiger partial charge >= 0.3 is 0 Å². The highest BCUT2D eigenvalue weighted by Gasteiger charge is 2.30. The van der Waals surface area contributed by atoms with Crippen LogP contribution in [0.25, 0.3) is 0 Å². The highest BCUT2D eigenvalue weighted by Crippen LogP contribution is 2.28. The van der Waals surface area contributed by atoms with Crippen molar-refractivity contribution in [3.8, 4) is 6.07 Å². The van der Waals surface area contributed by atoms with E-state index < -0.39 is 11.4 Å². The van der Waals surface area contributed by atoms with Crippen molar-refractivity contribution in [3.63, 3.8) is 0 Å². The number of hydrogen-bond donors (Lipinski definition) is 2. The number of benzene rings is 1. The fourth-order valence-corrected chi connectivity index (χ4v) is 4.56. The molecule has 1 aromatic carbocycles. The number of nitriles is 1. The fraction of sp³-hybridized carbons (Fsp3) is 0.500. The Morgan fingerprint density at radius 2 is 2.06 bits per heavy atom. The quantitative estimate of drug-likeness (QED) is 0.735. The highest BCUT2D eigenvalue weighted by atomic mass is 19.1. The van der Waals surface area contributed by atoms with Crippen LogP contribution >= 0.6 is 0 Å². The zero-order valence-corrected chi connectivity index (χ0v) is 19.0. The predicted octanol–water partition coefficient (Wildman–Crippen LogP) is 2.63. The average Bonchev–Trinajstić information content (AvgIpc) is 2.80. The Morgan fingerprint density at radius 3 is 2.73 bits per heavy atom. The van der Waals surface area contributed by atoms with Gasteiger partial charge in [-0.05, 0) is 63.8 Å². The van der Waals surface area contributed by atoms with Gasteiger partial charge in [0, 0.05) is 37.9 Å². The molecule has 0 spiro atoms. The van der Waals surface area contributed by atoms with E-state index in [1.807, 2.05) is 29.7 Å². The van der Waals surface area contributed by atoms with Crippen molar-refractivity contribution in [2.45, 2.75) is 57.2 Å². The van der Waals surface area contributed by atoms with Crippen molar-refractivity contribution in [1.82, 2.24) is 15.3 Å². The monoisotopic (exact) mass is 452 g/mol. The second-order valence-corrected chi connectivity index (χ2v) is 9.25. The first-order chi connectivity index (χ1) is 15.8. The van der Waals surface area contributed by atoms with Crippen LogP contribution in [-0.2, 0) is 0 Å². The number of aromatic nitrogens is 2. The Balaban J connectivity index is 1.40. The normalized spacial score (nSPS) is 25.4. The summed E-state index contributed by atoms with van der Waals surface area (Å²) in [6.07, 6.45) is 4.38. The lowest BCUT2D eigenvalue weighted by molar-refractivity contribution is 0.0140. The molecule has 1 aliphatic heterocycles. The molecule has 2 fully saturated rings. The maximum absolute atomic E-state index is 14.5. The predicted molar refractivity (Wildman–Crippen MR) is 123 cm³/mol. The molecule has 1 aliphatic carbocycles. The lowest BCUT2D eigenvalue weighted by Gasteiger charge is -2.41. The SMILES string of the molecule is C[C@@H]1CN(c2ccc(C#N)cc2F)CCN1c1nccc(C(=O)NC2CCC(C)(O)CC2)n1. The summed E-state index contributed by atoms with van der Waals surface area (Å²) in [6.45, 7) is 5.54. The summed E-state index contributed by atoms with van der Waals surface area (Å²) in [5.74, 6) is -0.174. The Bertz CT molecular complexity index is 1060. The lowest BCUT2D eigenvalue weighted by Crippen LogP contribution is -2.53. The van der Waals surface area contributed by atoms with Crippen LogP contribution in [0.3, 0.4) is 0 Å². The zero-order valence-electron chi connectivity index (χ0n) is 19.0. The maximum atomic E-state index is 14.5. The molecule has 2 aromatic rings. The van der Waals surface area contributed by atoms with E-state index in [1.54, 1.807) is 24.4 Å². The molecule has 2 heterocycles. The Morgan fingerprint density at radius 1 is 1.30 bits per heavy atom. The maximum Gasteiger partial charge on any atom is 0.270 e. The smallest absolute Gasteiger partial charge is 0.270 e. The standard InChI is InChI=1S/C24H29FN6O2/c1-16-15-30(21-4-3-17(14-26)13-19(21)25)11-12-31(16)23-27-10-7-20(29-23)22(32)28-18-5-8-24(2,33)9-6-18/h3-4,7,10,13,16,18,33H,5-6,8-9,11-12,15H2,1-2H3,(H,28,32)/t16-,18?,24?/m1/s1. The van der Waals surface area contributed by atoms with E-state index in [9.17, 15) is 14.3 Å². The number of aliphatic hydroxyl groups is 1. The van der Waals surface area contributed by atoms with Crippen LogP contribution in [0.5, 0.6) is 0 Å². The first-order valence-electron chi connectivity index (χ1n) is 11.3. The van der Waals surface area contributed by atoms with Gasteiger partial charge < -0.3 is 20.2 Å². The van der Waals surface area contributed by atoms with Gasteiger partial charge in [-0.15, -0.1) is 0 Å². The number of hydrogen-bond acceptors (Lipinski definition) is 7. The van der Waals surface area contributed by atoms with Gasteiger partial charge in [-0.3, -0.25) is 4.79 Å². The minimum Gasteiger partial charge on any atom is -0.390 e. The largest absolute Gasteiger partial charge is 0.390 e. The van der Waals surface area contributed by atoms with Crippen LogP contribution in [0.1, 0.15) is 55.6 Å². The summed E-state index contributed by atoms with van der Waals surface area (Å²) in [5, 5.41) is 22.1. The Labute approximate surface area is 193 Å². The highest BCUT2D eigenvalue weighted by molar-refractivity contribution is 5.92. The molecule has 1 aromatic heterocycles. The molecule has 9 heteroatoms. The summed E-state index contributed by atoms with van der Waals surface area (Å²) in [4.78, 5) is 25.6. The second-order valence-electron chi connectivity index (χ2n) is 9.25. The first-order valence-corrected chi connectivity index (χ1v) is 11.3. The molecule has 0 radical (unpaired) electrons. The molecular weight excluding hydrogens is 423 g/mol. The van der Waals surface area contributed by atoms with E-state index >= 15 is 0 Å².